The Bertz CT molecular complexity index is 899. The van der Waals surface area contributed by atoms with E-state index in [1.807, 2.05) is 6.92 Å². The first kappa shape index (κ1) is 21.9. The molecule has 0 heterocycles. The molecule has 7 nitrogen and oxygen atoms in total. The molecule has 2 rings (SSSR count). The monoisotopic (exact) mass is 401 g/mol. The van der Waals surface area contributed by atoms with Gasteiger partial charge in [-0.05, 0) is 49.7 Å². The molecule has 0 aliphatic rings. The van der Waals surface area contributed by atoms with Crippen LogP contribution in [0.15, 0.2) is 47.6 Å². The van der Waals surface area contributed by atoms with Crippen molar-refractivity contribution in [3.63, 3.8) is 0 Å². The second kappa shape index (κ2) is 10.2. The minimum absolute atomic E-state index is 0.0945. The van der Waals surface area contributed by atoms with Crippen LogP contribution in [0.4, 0.5) is 4.39 Å². The van der Waals surface area contributed by atoms with Crippen molar-refractivity contribution in [3.05, 3.63) is 59.4 Å². The standard InChI is InChI=1S/C21H24FN3O4/c1-5-28-19-12-15(10-11-18(19)29-14(2)21(27)25(3)4)13-23-24-20(26)16-8-6-7-9-17(16)22/h6-14H,5H2,1-4H3,(H,24,26)/b23-13-/t14-/m0/s1. The third kappa shape index (κ3) is 6.03. The fourth-order valence-corrected chi connectivity index (χ4v) is 2.45. The highest BCUT2D eigenvalue weighted by molar-refractivity contribution is 5.95. The fourth-order valence-electron chi connectivity index (χ4n) is 2.45. The van der Waals surface area contributed by atoms with Gasteiger partial charge in [0.25, 0.3) is 11.8 Å². The number of benzene rings is 2. The Morgan fingerprint density at radius 3 is 2.59 bits per heavy atom. The lowest BCUT2D eigenvalue weighted by Gasteiger charge is -2.20. The summed E-state index contributed by atoms with van der Waals surface area (Å²) in [6.45, 7) is 3.89. The number of hydrazone groups is 1. The van der Waals surface area contributed by atoms with E-state index in [-0.39, 0.29) is 11.5 Å². The summed E-state index contributed by atoms with van der Waals surface area (Å²) in [6.07, 6.45) is 0.725. The summed E-state index contributed by atoms with van der Waals surface area (Å²) in [5.41, 5.74) is 2.81. The summed E-state index contributed by atoms with van der Waals surface area (Å²) in [7, 11) is 3.31. The van der Waals surface area contributed by atoms with Gasteiger partial charge in [0.1, 0.15) is 5.82 Å². The quantitative estimate of drug-likeness (QED) is 0.545. The van der Waals surface area contributed by atoms with E-state index in [9.17, 15) is 14.0 Å². The summed E-state index contributed by atoms with van der Waals surface area (Å²) in [6, 6.07) is 10.7. The molecule has 0 fully saturated rings. The summed E-state index contributed by atoms with van der Waals surface area (Å²) >= 11 is 0. The number of nitrogens with one attached hydrogen (secondary N) is 1. The van der Waals surface area contributed by atoms with Crippen molar-refractivity contribution in [3.8, 4) is 11.5 Å². The number of nitrogens with zero attached hydrogens (tertiary/aromatic N) is 2. The van der Waals surface area contributed by atoms with E-state index in [1.165, 1.54) is 29.3 Å². The van der Waals surface area contributed by atoms with Gasteiger partial charge in [0.2, 0.25) is 0 Å². The summed E-state index contributed by atoms with van der Waals surface area (Å²) in [4.78, 5) is 25.4. The Kier molecular flexibility index (Phi) is 7.70. The zero-order chi connectivity index (χ0) is 21.4. The zero-order valence-electron chi connectivity index (χ0n) is 16.8. The summed E-state index contributed by atoms with van der Waals surface area (Å²) in [5, 5.41) is 3.85. The maximum atomic E-state index is 13.6. The minimum atomic E-state index is -0.677. The van der Waals surface area contributed by atoms with E-state index >= 15 is 0 Å². The van der Waals surface area contributed by atoms with Crippen LogP contribution in [0, 0.1) is 5.82 Å². The smallest absolute Gasteiger partial charge is 0.274 e. The molecule has 0 aliphatic carbocycles. The molecule has 0 unspecified atom stereocenters. The molecule has 154 valence electrons. The Hall–Kier alpha value is -3.42. The van der Waals surface area contributed by atoms with E-state index < -0.39 is 17.8 Å². The minimum Gasteiger partial charge on any atom is -0.490 e. The van der Waals surface area contributed by atoms with Gasteiger partial charge < -0.3 is 14.4 Å². The number of amides is 2. The van der Waals surface area contributed by atoms with Crippen molar-refractivity contribution in [1.29, 1.82) is 0 Å². The van der Waals surface area contributed by atoms with Crippen LogP contribution in [0.1, 0.15) is 29.8 Å². The van der Waals surface area contributed by atoms with Crippen molar-refractivity contribution < 1.29 is 23.5 Å². The average Bonchev–Trinajstić information content (AvgIpc) is 2.69. The molecule has 0 aliphatic heterocycles. The average molecular weight is 401 g/mol. The topological polar surface area (TPSA) is 80.2 Å². The first-order valence-corrected chi connectivity index (χ1v) is 9.06. The number of carbonyl (C=O) groups excluding carboxylic acids is 2. The number of carbonyl (C=O) groups is 2. The second-order valence-electron chi connectivity index (χ2n) is 6.31. The number of rotatable bonds is 8. The molecule has 29 heavy (non-hydrogen) atoms. The lowest BCUT2D eigenvalue weighted by molar-refractivity contribution is -0.135. The molecule has 0 saturated carbocycles. The molecule has 0 radical (unpaired) electrons. The molecule has 1 N–H and O–H groups in total. The van der Waals surface area contributed by atoms with Crippen LogP contribution in [-0.4, -0.2) is 49.7 Å². The molecule has 8 heteroatoms. The van der Waals surface area contributed by atoms with E-state index in [4.69, 9.17) is 9.47 Å². The van der Waals surface area contributed by atoms with Gasteiger partial charge in [-0.3, -0.25) is 9.59 Å². The molecule has 0 saturated heterocycles. The second-order valence-corrected chi connectivity index (χ2v) is 6.31. The van der Waals surface area contributed by atoms with Gasteiger partial charge in [-0.25, -0.2) is 9.82 Å². The lowest BCUT2D eigenvalue weighted by Crippen LogP contribution is -2.35. The SMILES string of the molecule is CCOc1cc(/C=N\NC(=O)c2ccccc2F)ccc1O[C@@H](C)C(=O)N(C)C. The summed E-state index contributed by atoms with van der Waals surface area (Å²) in [5.74, 6) is -0.589. The van der Waals surface area contributed by atoms with Crippen LogP contribution < -0.4 is 14.9 Å². The third-order valence-corrected chi connectivity index (χ3v) is 3.86. The molecular weight excluding hydrogens is 377 g/mol. The Morgan fingerprint density at radius 2 is 1.93 bits per heavy atom. The first-order valence-electron chi connectivity index (χ1n) is 9.06. The molecule has 0 spiro atoms. The number of ether oxygens (including phenoxy) is 2. The van der Waals surface area contributed by atoms with E-state index in [0.29, 0.717) is 23.7 Å². The maximum absolute atomic E-state index is 13.6. The molecule has 0 bridgehead atoms. The van der Waals surface area contributed by atoms with Gasteiger partial charge in [-0.2, -0.15) is 5.10 Å². The van der Waals surface area contributed by atoms with E-state index in [1.54, 1.807) is 45.3 Å². The molecule has 2 aromatic carbocycles. The van der Waals surface area contributed by atoms with Crippen LogP contribution in [0.3, 0.4) is 0 Å². The van der Waals surface area contributed by atoms with Gasteiger partial charge in [-0.1, -0.05) is 12.1 Å². The Balaban J connectivity index is 2.11. The van der Waals surface area contributed by atoms with Crippen molar-refractivity contribution in [1.82, 2.24) is 10.3 Å². The molecular formula is C21H24FN3O4. The van der Waals surface area contributed by atoms with Crippen LogP contribution in [0.2, 0.25) is 0 Å². The lowest BCUT2D eigenvalue weighted by atomic mass is 10.2. The molecule has 2 aromatic rings. The highest BCUT2D eigenvalue weighted by Crippen LogP contribution is 2.29. The van der Waals surface area contributed by atoms with Gasteiger partial charge in [0.05, 0.1) is 18.4 Å². The van der Waals surface area contributed by atoms with Crippen LogP contribution in [0.25, 0.3) is 0 Å². The molecule has 2 amide bonds. The Morgan fingerprint density at radius 1 is 1.21 bits per heavy atom. The molecule has 1 atom stereocenters. The maximum Gasteiger partial charge on any atom is 0.274 e. The van der Waals surface area contributed by atoms with Gasteiger partial charge >= 0.3 is 0 Å². The van der Waals surface area contributed by atoms with E-state index in [0.717, 1.165) is 0 Å². The third-order valence-electron chi connectivity index (χ3n) is 3.86. The first-order chi connectivity index (χ1) is 13.8. The highest BCUT2D eigenvalue weighted by atomic mass is 19.1. The predicted molar refractivity (Wildman–Crippen MR) is 108 cm³/mol. The van der Waals surface area contributed by atoms with E-state index in [2.05, 4.69) is 10.5 Å². The highest BCUT2D eigenvalue weighted by Gasteiger charge is 2.18. The van der Waals surface area contributed by atoms with Crippen molar-refractivity contribution in [2.24, 2.45) is 5.10 Å². The number of hydrogen-bond donors (Lipinski definition) is 1. The van der Waals surface area contributed by atoms with Crippen LogP contribution in [0.5, 0.6) is 11.5 Å². The largest absolute Gasteiger partial charge is 0.490 e. The van der Waals surface area contributed by atoms with Crippen molar-refractivity contribution >= 4 is 18.0 Å². The molecule has 0 aromatic heterocycles. The predicted octanol–water partition coefficient (Wildman–Crippen LogP) is 2.84. The number of hydrogen-bond acceptors (Lipinski definition) is 5. The normalized spacial score (nSPS) is 11.8. The summed E-state index contributed by atoms with van der Waals surface area (Å²) < 4.78 is 24.9. The number of halogens is 1. The van der Waals surface area contributed by atoms with Gasteiger partial charge in [0, 0.05) is 14.1 Å². The van der Waals surface area contributed by atoms with Gasteiger partial charge in [-0.15, -0.1) is 0 Å². The van der Waals surface area contributed by atoms with Gasteiger partial charge in [0.15, 0.2) is 17.6 Å². The number of likely N-dealkylation sites (N-methyl/N-ethyl adjacent to an activating group) is 1. The Labute approximate surface area is 169 Å². The fraction of sp³-hybridized carbons (Fsp3) is 0.286. The van der Waals surface area contributed by atoms with Crippen molar-refractivity contribution in [2.75, 3.05) is 20.7 Å². The zero-order valence-corrected chi connectivity index (χ0v) is 16.8. The van der Waals surface area contributed by atoms with Crippen molar-refractivity contribution in [2.45, 2.75) is 20.0 Å². The van der Waals surface area contributed by atoms with Crippen LogP contribution in [-0.2, 0) is 4.79 Å². The van der Waals surface area contributed by atoms with Crippen LogP contribution >= 0.6 is 0 Å².